The largest absolute Gasteiger partial charge is 0.301 e. The maximum Gasteiger partial charge on any atom is 0.123 e. The second-order valence-electron chi connectivity index (χ2n) is 8.64. The lowest BCUT2D eigenvalue weighted by Gasteiger charge is -2.40. The van der Waals surface area contributed by atoms with Crippen LogP contribution in [-0.2, 0) is 0 Å². The average molecular weight is 399 g/mol. The van der Waals surface area contributed by atoms with Crippen molar-refractivity contribution in [3.63, 3.8) is 0 Å². The summed E-state index contributed by atoms with van der Waals surface area (Å²) in [6, 6.07) is 14.3. The van der Waals surface area contributed by atoms with E-state index in [9.17, 15) is 8.78 Å². The van der Waals surface area contributed by atoms with Crippen molar-refractivity contribution in [2.45, 2.75) is 50.5 Å². The lowest BCUT2D eigenvalue weighted by molar-refractivity contribution is 0.0752. The van der Waals surface area contributed by atoms with Gasteiger partial charge >= 0.3 is 0 Å². The van der Waals surface area contributed by atoms with Crippen LogP contribution in [0.15, 0.2) is 48.5 Å². The van der Waals surface area contributed by atoms with Gasteiger partial charge in [-0.1, -0.05) is 37.1 Å². The van der Waals surface area contributed by atoms with Crippen LogP contribution < -0.4 is 0 Å². The standard InChI is InChI=1S/C25H32F2N2/c26-22-11-7-20(8-12-22)25(21-9-13-23(27)14-10-21)6-4-15-28-17-18-29-16-3-1-2-5-24(29)19-28/h7-14,24-25H,1-6,15-19H2/t24-/m1/s1. The molecule has 0 unspecified atom stereocenters. The lowest BCUT2D eigenvalue weighted by atomic mass is 9.87. The van der Waals surface area contributed by atoms with Gasteiger partial charge in [-0.3, -0.25) is 4.90 Å². The minimum atomic E-state index is -0.215. The quantitative estimate of drug-likeness (QED) is 0.640. The van der Waals surface area contributed by atoms with Crippen LogP contribution in [0.25, 0.3) is 0 Å². The molecule has 0 N–H and O–H groups in total. The van der Waals surface area contributed by atoms with E-state index in [0.29, 0.717) is 0 Å². The molecule has 2 aromatic rings. The molecule has 2 aliphatic rings. The Hall–Kier alpha value is -1.78. The zero-order chi connectivity index (χ0) is 20.1. The van der Waals surface area contributed by atoms with Crippen molar-refractivity contribution in [1.82, 2.24) is 9.80 Å². The molecule has 156 valence electrons. The summed E-state index contributed by atoms with van der Waals surface area (Å²) >= 11 is 0. The number of rotatable bonds is 6. The van der Waals surface area contributed by atoms with Gasteiger partial charge < -0.3 is 4.90 Å². The second kappa shape index (κ2) is 9.82. The number of hydrogen-bond acceptors (Lipinski definition) is 2. The summed E-state index contributed by atoms with van der Waals surface area (Å²) in [6.45, 7) is 5.93. The molecular weight excluding hydrogens is 366 g/mol. The van der Waals surface area contributed by atoms with Crippen LogP contribution >= 0.6 is 0 Å². The van der Waals surface area contributed by atoms with Gasteiger partial charge in [-0.2, -0.15) is 0 Å². The number of fused-ring (bicyclic) bond motifs is 1. The monoisotopic (exact) mass is 398 g/mol. The summed E-state index contributed by atoms with van der Waals surface area (Å²) in [4.78, 5) is 5.32. The second-order valence-corrected chi connectivity index (χ2v) is 8.64. The highest BCUT2D eigenvalue weighted by molar-refractivity contribution is 5.32. The third-order valence-corrected chi connectivity index (χ3v) is 6.68. The van der Waals surface area contributed by atoms with Crippen molar-refractivity contribution in [2.24, 2.45) is 0 Å². The fourth-order valence-corrected chi connectivity index (χ4v) is 5.04. The molecular formula is C25H32F2N2. The molecule has 0 aromatic heterocycles. The van der Waals surface area contributed by atoms with E-state index in [-0.39, 0.29) is 17.6 Å². The van der Waals surface area contributed by atoms with Gasteiger partial charge in [0.05, 0.1) is 0 Å². The van der Waals surface area contributed by atoms with E-state index >= 15 is 0 Å². The first-order valence-electron chi connectivity index (χ1n) is 11.2. The van der Waals surface area contributed by atoms with Gasteiger partial charge in [-0.05, 0) is 74.2 Å². The van der Waals surface area contributed by atoms with Gasteiger partial charge in [0, 0.05) is 31.6 Å². The predicted molar refractivity (Wildman–Crippen MR) is 114 cm³/mol. The van der Waals surface area contributed by atoms with Gasteiger partial charge in [0.2, 0.25) is 0 Å². The molecule has 2 fully saturated rings. The number of nitrogens with zero attached hydrogens (tertiary/aromatic N) is 2. The predicted octanol–water partition coefficient (Wildman–Crippen LogP) is 5.44. The van der Waals surface area contributed by atoms with Crippen LogP contribution in [0.4, 0.5) is 8.78 Å². The molecule has 0 aliphatic carbocycles. The van der Waals surface area contributed by atoms with E-state index < -0.39 is 0 Å². The lowest BCUT2D eigenvalue weighted by Crippen LogP contribution is -2.52. The Kier molecular flexibility index (Phi) is 6.94. The molecule has 2 heterocycles. The fraction of sp³-hybridized carbons (Fsp3) is 0.520. The molecule has 4 heteroatoms. The Morgan fingerprint density at radius 3 is 2.10 bits per heavy atom. The van der Waals surface area contributed by atoms with E-state index in [1.165, 1.54) is 69.6 Å². The molecule has 0 amide bonds. The molecule has 2 aliphatic heterocycles. The summed E-state index contributed by atoms with van der Waals surface area (Å²) in [6.07, 6.45) is 7.52. The number of hydrogen-bond donors (Lipinski definition) is 0. The van der Waals surface area contributed by atoms with E-state index in [1.807, 2.05) is 24.3 Å². The van der Waals surface area contributed by atoms with Gasteiger partial charge in [0.15, 0.2) is 0 Å². The van der Waals surface area contributed by atoms with Crippen molar-refractivity contribution in [3.05, 3.63) is 71.3 Å². The SMILES string of the molecule is Fc1ccc(C(CCCN2CCN3CCCCC[C@@H]3C2)c2ccc(F)cc2)cc1. The Labute approximate surface area is 173 Å². The Morgan fingerprint density at radius 1 is 0.793 bits per heavy atom. The maximum atomic E-state index is 13.4. The molecule has 0 bridgehead atoms. The van der Waals surface area contributed by atoms with Gasteiger partial charge in [0.1, 0.15) is 11.6 Å². The molecule has 0 spiro atoms. The highest BCUT2D eigenvalue weighted by atomic mass is 19.1. The zero-order valence-electron chi connectivity index (χ0n) is 17.2. The fourth-order valence-electron chi connectivity index (χ4n) is 5.04. The van der Waals surface area contributed by atoms with Crippen molar-refractivity contribution in [1.29, 1.82) is 0 Å². The molecule has 0 saturated carbocycles. The maximum absolute atomic E-state index is 13.4. The molecule has 1 atom stereocenters. The van der Waals surface area contributed by atoms with Crippen molar-refractivity contribution in [2.75, 3.05) is 32.7 Å². The normalized spacial score (nSPS) is 21.1. The first kappa shape index (κ1) is 20.5. The van der Waals surface area contributed by atoms with Gasteiger partial charge in [-0.15, -0.1) is 0 Å². The molecule has 4 rings (SSSR count). The number of halogens is 2. The van der Waals surface area contributed by atoms with Crippen LogP contribution in [0, 0.1) is 11.6 Å². The van der Waals surface area contributed by atoms with E-state index in [0.717, 1.165) is 43.1 Å². The first-order valence-corrected chi connectivity index (χ1v) is 11.2. The van der Waals surface area contributed by atoms with Crippen LogP contribution in [0.2, 0.25) is 0 Å². The van der Waals surface area contributed by atoms with Crippen molar-refractivity contribution < 1.29 is 8.78 Å². The Bertz CT molecular complexity index is 714. The van der Waals surface area contributed by atoms with Crippen molar-refractivity contribution >= 4 is 0 Å². The van der Waals surface area contributed by atoms with Gasteiger partial charge in [0.25, 0.3) is 0 Å². The summed E-state index contributed by atoms with van der Waals surface area (Å²) in [5, 5.41) is 0. The summed E-state index contributed by atoms with van der Waals surface area (Å²) in [7, 11) is 0. The zero-order valence-corrected chi connectivity index (χ0v) is 17.2. The third kappa shape index (κ3) is 5.43. The minimum Gasteiger partial charge on any atom is -0.301 e. The number of benzene rings is 2. The highest BCUT2D eigenvalue weighted by Crippen LogP contribution is 2.30. The van der Waals surface area contributed by atoms with Crippen LogP contribution in [0.1, 0.15) is 55.6 Å². The topological polar surface area (TPSA) is 6.48 Å². The Balaban J connectivity index is 1.38. The van der Waals surface area contributed by atoms with Crippen LogP contribution in [0.3, 0.4) is 0 Å². The molecule has 2 nitrogen and oxygen atoms in total. The van der Waals surface area contributed by atoms with Crippen molar-refractivity contribution in [3.8, 4) is 0 Å². The highest BCUT2D eigenvalue weighted by Gasteiger charge is 2.27. The Morgan fingerprint density at radius 2 is 1.45 bits per heavy atom. The summed E-state index contributed by atoms with van der Waals surface area (Å²) < 4.78 is 26.8. The molecule has 29 heavy (non-hydrogen) atoms. The third-order valence-electron chi connectivity index (χ3n) is 6.68. The summed E-state index contributed by atoms with van der Waals surface area (Å²) in [5.74, 6) is -0.254. The number of piperazine rings is 1. The van der Waals surface area contributed by atoms with Gasteiger partial charge in [-0.25, -0.2) is 8.78 Å². The smallest absolute Gasteiger partial charge is 0.123 e. The van der Waals surface area contributed by atoms with E-state index in [2.05, 4.69) is 9.80 Å². The minimum absolute atomic E-state index is 0.176. The molecule has 2 aromatic carbocycles. The van der Waals surface area contributed by atoms with Crippen LogP contribution in [-0.4, -0.2) is 48.6 Å². The molecule has 0 radical (unpaired) electrons. The van der Waals surface area contributed by atoms with E-state index in [1.54, 1.807) is 0 Å². The summed E-state index contributed by atoms with van der Waals surface area (Å²) in [5.41, 5.74) is 2.21. The van der Waals surface area contributed by atoms with Crippen LogP contribution in [0.5, 0.6) is 0 Å². The average Bonchev–Trinajstić information content (AvgIpc) is 2.98. The van der Waals surface area contributed by atoms with E-state index in [4.69, 9.17) is 0 Å². The first-order chi connectivity index (χ1) is 14.2. The molecule has 2 saturated heterocycles.